The Labute approximate surface area is 166 Å². The van der Waals surface area contributed by atoms with Crippen molar-refractivity contribution in [3.63, 3.8) is 0 Å². The lowest BCUT2D eigenvalue weighted by molar-refractivity contribution is 0.0158. The van der Waals surface area contributed by atoms with Gasteiger partial charge in [0, 0.05) is 24.8 Å². The first-order valence-electron chi connectivity index (χ1n) is 9.29. The lowest BCUT2D eigenvalue weighted by Gasteiger charge is -2.23. The third-order valence-electron chi connectivity index (χ3n) is 4.46. The highest BCUT2D eigenvalue weighted by Crippen LogP contribution is 2.24. The van der Waals surface area contributed by atoms with E-state index in [4.69, 9.17) is 4.74 Å². The van der Waals surface area contributed by atoms with E-state index in [9.17, 15) is 8.78 Å². The Balaban J connectivity index is 1.52. The molecule has 3 aromatic heterocycles. The molecule has 4 rings (SSSR count). The topological polar surface area (TPSA) is 89.8 Å². The third-order valence-corrected chi connectivity index (χ3v) is 4.46. The normalized spacial score (nSPS) is 16.9. The van der Waals surface area contributed by atoms with Gasteiger partial charge in [0.15, 0.2) is 0 Å². The maximum atomic E-state index is 12.9. The Morgan fingerprint density at radius 2 is 2.17 bits per heavy atom. The second kappa shape index (κ2) is 8.58. The number of nitrogens with zero attached hydrogens (tertiary/aromatic N) is 5. The van der Waals surface area contributed by atoms with Crippen LogP contribution < -0.4 is 10.6 Å². The van der Waals surface area contributed by atoms with E-state index in [0.29, 0.717) is 36.2 Å². The number of alkyl halides is 2. The van der Waals surface area contributed by atoms with E-state index >= 15 is 0 Å². The molecule has 29 heavy (non-hydrogen) atoms. The van der Waals surface area contributed by atoms with Crippen LogP contribution >= 0.6 is 0 Å². The van der Waals surface area contributed by atoms with Crippen molar-refractivity contribution in [2.45, 2.75) is 26.0 Å². The van der Waals surface area contributed by atoms with Crippen LogP contribution in [0.15, 0.2) is 36.7 Å². The number of aromatic nitrogens is 5. The van der Waals surface area contributed by atoms with Crippen molar-refractivity contribution in [3.05, 3.63) is 47.8 Å². The molecule has 3 aromatic rings. The molecule has 0 spiro atoms. The monoisotopic (exact) mass is 401 g/mol. The van der Waals surface area contributed by atoms with E-state index in [2.05, 4.69) is 30.9 Å². The van der Waals surface area contributed by atoms with Gasteiger partial charge < -0.3 is 15.4 Å². The number of morpholine rings is 1. The third kappa shape index (κ3) is 4.90. The van der Waals surface area contributed by atoms with E-state index in [1.807, 2.05) is 25.3 Å². The molecule has 2 N–H and O–H groups in total. The van der Waals surface area contributed by atoms with Gasteiger partial charge in [-0.15, -0.1) is 5.10 Å². The van der Waals surface area contributed by atoms with Crippen molar-refractivity contribution in [3.8, 4) is 11.4 Å². The van der Waals surface area contributed by atoms with Crippen LogP contribution in [0.5, 0.6) is 0 Å². The predicted molar refractivity (Wildman–Crippen MR) is 103 cm³/mol. The van der Waals surface area contributed by atoms with Gasteiger partial charge in [0.2, 0.25) is 0 Å². The fraction of sp³-hybridized carbons (Fsp3) is 0.368. The molecule has 0 aromatic carbocycles. The summed E-state index contributed by atoms with van der Waals surface area (Å²) in [5.41, 5.74) is 2.09. The number of pyridine rings is 2. The average molecular weight is 401 g/mol. The number of hydrogen-bond acceptors (Lipinski definition) is 7. The van der Waals surface area contributed by atoms with Crippen molar-refractivity contribution in [1.82, 2.24) is 30.3 Å². The van der Waals surface area contributed by atoms with E-state index in [1.165, 1.54) is 18.3 Å². The Morgan fingerprint density at radius 1 is 1.28 bits per heavy atom. The van der Waals surface area contributed by atoms with Crippen molar-refractivity contribution in [2.75, 3.05) is 25.0 Å². The fourth-order valence-electron chi connectivity index (χ4n) is 3.10. The number of ether oxygens (including phenoxy) is 1. The second-order valence-electron chi connectivity index (χ2n) is 6.84. The summed E-state index contributed by atoms with van der Waals surface area (Å²) in [5, 5.41) is 14.6. The molecular formula is C19H21F2N7O. The van der Waals surface area contributed by atoms with Gasteiger partial charge in [0.1, 0.15) is 17.3 Å². The van der Waals surface area contributed by atoms with Crippen LogP contribution in [0, 0.1) is 6.92 Å². The minimum Gasteiger partial charge on any atom is -0.374 e. The van der Waals surface area contributed by atoms with Crippen LogP contribution in [-0.4, -0.2) is 50.8 Å². The quantitative estimate of drug-likeness (QED) is 0.656. The van der Waals surface area contributed by atoms with E-state index in [-0.39, 0.29) is 11.7 Å². The van der Waals surface area contributed by atoms with Crippen molar-refractivity contribution >= 4 is 11.6 Å². The Kier molecular flexibility index (Phi) is 5.72. The number of anilines is 2. The molecule has 1 aliphatic heterocycles. The summed E-state index contributed by atoms with van der Waals surface area (Å²) in [7, 11) is 0. The van der Waals surface area contributed by atoms with Gasteiger partial charge in [-0.05, 0) is 36.8 Å². The summed E-state index contributed by atoms with van der Waals surface area (Å²) >= 11 is 0. The van der Waals surface area contributed by atoms with Gasteiger partial charge in [-0.2, -0.15) is 0 Å². The summed E-state index contributed by atoms with van der Waals surface area (Å²) in [4.78, 5) is 8.62. The molecule has 8 nitrogen and oxygen atoms in total. The highest BCUT2D eigenvalue weighted by molar-refractivity contribution is 5.61. The Bertz CT molecular complexity index is 973. The summed E-state index contributed by atoms with van der Waals surface area (Å²) in [6, 6.07) is 6.30. The zero-order chi connectivity index (χ0) is 20.2. The summed E-state index contributed by atoms with van der Waals surface area (Å²) < 4.78 is 33.2. The molecule has 0 radical (unpaired) electrons. The van der Waals surface area contributed by atoms with Crippen molar-refractivity contribution < 1.29 is 13.5 Å². The molecule has 0 saturated carbocycles. The molecule has 1 atom stereocenters. The molecule has 0 amide bonds. The highest BCUT2D eigenvalue weighted by atomic mass is 19.3. The molecule has 1 aliphatic rings. The van der Waals surface area contributed by atoms with Crippen LogP contribution in [0.25, 0.3) is 11.4 Å². The zero-order valence-corrected chi connectivity index (χ0v) is 15.8. The average Bonchev–Trinajstić information content (AvgIpc) is 3.17. The first-order chi connectivity index (χ1) is 14.1. The molecule has 0 aliphatic carbocycles. The Hall–Kier alpha value is -2.98. The molecule has 1 saturated heterocycles. The van der Waals surface area contributed by atoms with Crippen LogP contribution in [0.1, 0.15) is 17.6 Å². The minimum atomic E-state index is -2.56. The van der Waals surface area contributed by atoms with Gasteiger partial charge in [-0.1, -0.05) is 5.21 Å². The van der Waals surface area contributed by atoms with Crippen LogP contribution in [-0.2, 0) is 11.3 Å². The van der Waals surface area contributed by atoms with Gasteiger partial charge in [-0.3, -0.25) is 0 Å². The largest absolute Gasteiger partial charge is 0.374 e. The maximum absolute atomic E-state index is 12.9. The minimum absolute atomic E-state index is 0.0502. The molecule has 0 unspecified atom stereocenters. The smallest absolute Gasteiger partial charge is 0.264 e. The van der Waals surface area contributed by atoms with Crippen LogP contribution in [0.4, 0.5) is 20.4 Å². The first-order valence-corrected chi connectivity index (χ1v) is 9.29. The number of hydrogen-bond donors (Lipinski definition) is 2. The van der Waals surface area contributed by atoms with Gasteiger partial charge in [0.05, 0.1) is 31.1 Å². The molecular weight excluding hydrogens is 380 g/mol. The molecule has 152 valence electrons. The van der Waals surface area contributed by atoms with E-state index in [0.717, 1.165) is 18.7 Å². The summed E-state index contributed by atoms with van der Waals surface area (Å²) in [6.07, 6.45) is 0.653. The molecule has 10 heteroatoms. The molecule has 4 heterocycles. The lowest BCUT2D eigenvalue weighted by atomic mass is 10.2. The van der Waals surface area contributed by atoms with E-state index in [1.54, 1.807) is 4.68 Å². The predicted octanol–water partition coefficient (Wildman–Crippen LogP) is 2.71. The number of halogens is 2. The zero-order valence-electron chi connectivity index (χ0n) is 15.8. The molecule has 0 bridgehead atoms. The summed E-state index contributed by atoms with van der Waals surface area (Å²) in [6.45, 7) is 4.84. The number of rotatable bonds is 6. The lowest BCUT2D eigenvalue weighted by Crippen LogP contribution is -2.40. The summed E-state index contributed by atoms with van der Waals surface area (Å²) in [5.74, 6) is 0.797. The van der Waals surface area contributed by atoms with Crippen molar-refractivity contribution in [2.24, 2.45) is 0 Å². The highest BCUT2D eigenvalue weighted by Gasteiger charge is 2.16. The second-order valence-corrected chi connectivity index (χ2v) is 6.84. The maximum Gasteiger partial charge on any atom is 0.264 e. The van der Waals surface area contributed by atoms with Gasteiger partial charge in [0.25, 0.3) is 6.43 Å². The van der Waals surface area contributed by atoms with Crippen molar-refractivity contribution in [1.29, 1.82) is 0 Å². The number of aryl methyl sites for hydroxylation is 1. The fourth-order valence-corrected chi connectivity index (χ4v) is 3.10. The first kappa shape index (κ1) is 19.3. The van der Waals surface area contributed by atoms with Gasteiger partial charge in [-0.25, -0.2) is 23.4 Å². The van der Waals surface area contributed by atoms with E-state index < -0.39 is 6.43 Å². The van der Waals surface area contributed by atoms with Crippen LogP contribution in [0.2, 0.25) is 0 Å². The molecule has 1 fully saturated rings. The van der Waals surface area contributed by atoms with Crippen LogP contribution in [0.3, 0.4) is 0 Å². The van der Waals surface area contributed by atoms with Gasteiger partial charge >= 0.3 is 0 Å². The SMILES string of the molecule is Cc1cc(Nc2cc(C(F)F)ccn2)nc(-c2cn(C[C@H]3CNCCO3)nn2)c1. The standard InChI is InChI=1S/C19H21F2N7O/c1-12-6-15(16-11-28(27-26-16)10-14-9-22-4-5-29-14)24-18(7-12)25-17-8-13(19(20)21)2-3-23-17/h2-3,6-8,11,14,19,22H,4-5,9-10H2,1H3,(H,23,24,25)/t14-/m1/s1. The Morgan fingerprint density at radius 3 is 2.97 bits per heavy atom. The number of nitrogens with one attached hydrogen (secondary N) is 2.